The van der Waals surface area contributed by atoms with Crippen molar-refractivity contribution in [2.24, 2.45) is 0 Å². The van der Waals surface area contributed by atoms with Gasteiger partial charge in [-0.1, -0.05) is 0 Å². The summed E-state index contributed by atoms with van der Waals surface area (Å²) in [5.74, 6) is -0.351. The van der Waals surface area contributed by atoms with Crippen molar-refractivity contribution in [3.63, 3.8) is 0 Å². The number of aromatic nitrogens is 2. The van der Waals surface area contributed by atoms with Gasteiger partial charge in [0, 0.05) is 22.6 Å². The van der Waals surface area contributed by atoms with Crippen LogP contribution < -0.4 is 0 Å². The Morgan fingerprint density at radius 2 is 2.33 bits per heavy atom. The summed E-state index contributed by atoms with van der Waals surface area (Å²) >= 11 is 1.93. The van der Waals surface area contributed by atoms with Crippen molar-refractivity contribution in [2.75, 3.05) is 0 Å². The molecule has 0 saturated heterocycles. The lowest BCUT2D eigenvalue weighted by Crippen LogP contribution is -1.92. The van der Waals surface area contributed by atoms with Gasteiger partial charge < -0.3 is 0 Å². The Morgan fingerprint density at radius 3 is 2.78 bits per heavy atom. The third kappa shape index (κ3) is 1.57. The van der Waals surface area contributed by atoms with Crippen LogP contribution in [0.2, 0.25) is 0 Å². The molecule has 4 heteroatoms. The minimum absolute atomic E-state index is 0.351. The molecular formula is C5H4FIN2. The Morgan fingerprint density at radius 1 is 1.67 bits per heavy atom. The molecule has 0 saturated carbocycles. The highest BCUT2D eigenvalue weighted by atomic mass is 127. The molecule has 0 unspecified atom stereocenters. The zero-order valence-electron chi connectivity index (χ0n) is 4.73. The molecule has 1 heterocycles. The second-order valence-corrected chi connectivity index (χ2v) is 2.54. The van der Waals surface area contributed by atoms with E-state index >= 15 is 0 Å². The van der Waals surface area contributed by atoms with Crippen molar-refractivity contribution < 1.29 is 4.39 Å². The van der Waals surface area contributed by atoms with Gasteiger partial charge in [-0.2, -0.15) is 0 Å². The number of halogens is 2. The van der Waals surface area contributed by atoms with E-state index in [1.807, 2.05) is 22.6 Å². The Bertz CT molecular complexity index is 226. The largest absolute Gasteiger partial charge is 0.229 e. The fraction of sp³-hybridized carbons (Fsp3) is 0.200. The first-order valence-corrected chi connectivity index (χ1v) is 3.42. The van der Waals surface area contributed by atoms with E-state index in [2.05, 4.69) is 9.97 Å². The van der Waals surface area contributed by atoms with Crippen molar-refractivity contribution in [3.05, 3.63) is 21.5 Å². The fourth-order valence-electron chi connectivity index (χ4n) is 0.424. The molecule has 0 radical (unpaired) electrons. The minimum atomic E-state index is -0.351. The molecule has 9 heavy (non-hydrogen) atoms. The molecular weight excluding hydrogens is 234 g/mol. The number of nitrogens with zero attached hydrogens (tertiary/aromatic N) is 2. The zero-order chi connectivity index (χ0) is 6.85. The second-order valence-electron chi connectivity index (χ2n) is 1.57. The lowest BCUT2D eigenvalue weighted by atomic mass is 10.4. The van der Waals surface area contributed by atoms with Gasteiger partial charge in [0.25, 0.3) is 0 Å². The molecule has 1 aromatic heterocycles. The molecule has 48 valence electrons. The topological polar surface area (TPSA) is 25.8 Å². The van der Waals surface area contributed by atoms with E-state index in [0.717, 1.165) is 0 Å². The molecule has 1 rings (SSSR count). The molecule has 0 atom stereocenters. The van der Waals surface area contributed by atoms with E-state index in [0.29, 0.717) is 9.53 Å². The summed E-state index contributed by atoms with van der Waals surface area (Å²) in [5.41, 5.74) is 0.398. The molecule has 0 aliphatic heterocycles. The summed E-state index contributed by atoms with van der Waals surface area (Å²) in [6.07, 6.45) is 1.17. The van der Waals surface area contributed by atoms with Gasteiger partial charge in [-0.05, 0) is 6.92 Å². The van der Waals surface area contributed by atoms with Gasteiger partial charge in [0.1, 0.15) is 0 Å². The summed E-state index contributed by atoms with van der Waals surface area (Å²) < 4.78 is 12.9. The average molecular weight is 238 g/mol. The van der Waals surface area contributed by atoms with E-state index < -0.39 is 0 Å². The van der Waals surface area contributed by atoms with E-state index in [1.54, 1.807) is 6.92 Å². The lowest BCUT2D eigenvalue weighted by molar-refractivity contribution is 0.599. The molecule has 1 aromatic rings. The number of aryl methyl sites for hydroxylation is 1. The molecule has 2 nitrogen and oxygen atoms in total. The first-order valence-electron chi connectivity index (χ1n) is 2.35. The Kier molecular flexibility index (Phi) is 1.94. The first kappa shape index (κ1) is 6.85. The van der Waals surface area contributed by atoms with Gasteiger partial charge in [-0.3, -0.25) is 0 Å². The maximum atomic E-state index is 12.4. The fourth-order valence-corrected chi connectivity index (χ4v) is 0.925. The molecule has 0 spiro atoms. The van der Waals surface area contributed by atoms with E-state index in [4.69, 9.17) is 0 Å². The van der Waals surface area contributed by atoms with Crippen LogP contribution in [0.1, 0.15) is 5.69 Å². The van der Waals surface area contributed by atoms with Crippen LogP contribution in [0, 0.1) is 16.6 Å². The predicted molar refractivity (Wildman–Crippen MR) is 39.4 cm³/mol. The quantitative estimate of drug-likeness (QED) is 0.506. The third-order valence-corrected chi connectivity index (χ3v) is 1.41. The van der Waals surface area contributed by atoms with E-state index in [-0.39, 0.29) is 5.82 Å². The lowest BCUT2D eigenvalue weighted by Gasteiger charge is -1.92. The van der Waals surface area contributed by atoms with Crippen molar-refractivity contribution in [1.29, 1.82) is 0 Å². The summed E-state index contributed by atoms with van der Waals surface area (Å²) in [5, 5.41) is 0. The summed E-state index contributed by atoms with van der Waals surface area (Å²) in [7, 11) is 0. The van der Waals surface area contributed by atoms with Crippen molar-refractivity contribution in [3.8, 4) is 0 Å². The molecule has 0 aliphatic carbocycles. The van der Waals surface area contributed by atoms with Crippen LogP contribution in [0.3, 0.4) is 0 Å². The summed E-state index contributed by atoms with van der Waals surface area (Å²) in [4.78, 5) is 7.41. The highest BCUT2D eigenvalue weighted by molar-refractivity contribution is 14.1. The normalized spacial score (nSPS) is 9.67. The van der Waals surface area contributed by atoms with E-state index in [9.17, 15) is 4.39 Å². The highest BCUT2D eigenvalue weighted by Gasteiger charge is 1.97. The molecule has 0 aromatic carbocycles. The van der Waals surface area contributed by atoms with Crippen LogP contribution in [0.25, 0.3) is 0 Å². The Balaban J connectivity index is 3.17. The van der Waals surface area contributed by atoms with Crippen molar-refractivity contribution in [2.45, 2.75) is 6.92 Å². The SMILES string of the molecule is Cc1nc(I)ncc1F. The maximum Gasteiger partial charge on any atom is 0.191 e. The van der Waals surface area contributed by atoms with Gasteiger partial charge in [0.05, 0.1) is 11.9 Å². The monoisotopic (exact) mass is 238 g/mol. The van der Waals surface area contributed by atoms with Gasteiger partial charge in [0.15, 0.2) is 9.65 Å². The third-order valence-electron chi connectivity index (χ3n) is 0.890. The molecule has 0 fully saturated rings. The minimum Gasteiger partial charge on any atom is -0.229 e. The smallest absolute Gasteiger partial charge is 0.191 e. The van der Waals surface area contributed by atoms with Crippen LogP contribution in [0.4, 0.5) is 4.39 Å². The van der Waals surface area contributed by atoms with Crippen LogP contribution in [-0.4, -0.2) is 9.97 Å². The molecule has 0 N–H and O–H groups in total. The summed E-state index contributed by atoms with van der Waals surface area (Å²) in [6.45, 7) is 1.61. The Hall–Kier alpha value is -0.260. The molecule has 0 bridgehead atoms. The first-order chi connectivity index (χ1) is 4.20. The van der Waals surface area contributed by atoms with Gasteiger partial charge in [-0.25, -0.2) is 14.4 Å². The van der Waals surface area contributed by atoms with Gasteiger partial charge in [0.2, 0.25) is 0 Å². The number of hydrogen-bond acceptors (Lipinski definition) is 2. The van der Waals surface area contributed by atoms with Crippen LogP contribution in [0.15, 0.2) is 6.20 Å². The highest BCUT2D eigenvalue weighted by Crippen LogP contribution is 2.01. The average Bonchev–Trinajstić information content (AvgIpc) is 1.80. The molecule has 0 aliphatic rings. The van der Waals surface area contributed by atoms with Crippen LogP contribution in [-0.2, 0) is 0 Å². The summed E-state index contributed by atoms with van der Waals surface area (Å²) in [6, 6.07) is 0. The van der Waals surface area contributed by atoms with Gasteiger partial charge in [-0.15, -0.1) is 0 Å². The van der Waals surface area contributed by atoms with Crippen molar-refractivity contribution in [1.82, 2.24) is 9.97 Å². The maximum absolute atomic E-state index is 12.4. The predicted octanol–water partition coefficient (Wildman–Crippen LogP) is 1.53. The standard InChI is InChI=1S/C5H4FIN2/c1-3-4(6)2-8-5(7)9-3/h2H,1H3. The Labute approximate surface area is 65.7 Å². The zero-order valence-corrected chi connectivity index (χ0v) is 6.89. The number of rotatable bonds is 0. The van der Waals surface area contributed by atoms with Crippen LogP contribution in [0.5, 0.6) is 0 Å². The van der Waals surface area contributed by atoms with Crippen LogP contribution >= 0.6 is 22.6 Å². The van der Waals surface area contributed by atoms with E-state index in [1.165, 1.54) is 6.20 Å². The number of hydrogen-bond donors (Lipinski definition) is 0. The van der Waals surface area contributed by atoms with Gasteiger partial charge >= 0.3 is 0 Å². The van der Waals surface area contributed by atoms with Crippen molar-refractivity contribution >= 4 is 22.6 Å². The molecule has 0 amide bonds. The second kappa shape index (κ2) is 2.55.